The number of rotatable bonds is 6. The summed E-state index contributed by atoms with van der Waals surface area (Å²) in [4.78, 5) is 18.8. The predicted molar refractivity (Wildman–Crippen MR) is 112 cm³/mol. The van der Waals surface area contributed by atoms with Gasteiger partial charge in [-0.05, 0) is 55.0 Å². The first-order valence-electron chi connectivity index (χ1n) is 10.1. The average molecular weight is 384 g/mol. The van der Waals surface area contributed by atoms with E-state index in [9.17, 15) is 4.79 Å². The highest BCUT2D eigenvalue weighted by Crippen LogP contribution is 2.27. The molecule has 1 saturated heterocycles. The van der Waals surface area contributed by atoms with Crippen LogP contribution >= 0.6 is 0 Å². The molecule has 146 valence electrons. The van der Waals surface area contributed by atoms with Crippen LogP contribution in [0.2, 0.25) is 0 Å². The lowest BCUT2D eigenvalue weighted by molar-refractivity contribution is -0.120. The van der Waals surface area contributed by atoms with Crippen LogP contribution in [0.1, 0.15) is 36.1 Å². The van der Waals surface area contributed by atoms with Gasteiger partial charge in [-0.15, -0.1) is 0 Å². The molecule has 0 aliphatic carbocycles. The molecule has 2 aromatic carbocycles. The highest BCUT2D eigenvalue weighted by Gasteiger charge is 2.26. The van der Waals surface area contributed by atoms with E-state index in [1.807, 2.05) is 72.0 Å². The van der Waals surface area contributed by atoms with Gasteiger partial charge in [-0.25, -0.2) is 4.98 Å². The van der Waals surface area contributed by atoms with Crippen molar-refractivity contribution in [2.24, 2.45) is 5.92 Å². The van der Waals surface area contributed by atoms with Gasteiger partial charge in [0.2, 0.25) is 5.91 Å². The van der Waals surface area contributed by atoms with Crippen LogP contribution in [0.3, 0.4) is 0 Å². The van der Waals surface area contributed by atoms with Crippen LogP contribution in [-0.4, -0.2) is 22.0 Å². The number of hydrogen-bond acceptors (Lipinski definition) is 3. The average Bonchev–Trinajstić information content (AvgIpc) is 3.20. The lowest BCUT2D eigenvalue weighted by Gasteiger charge is -2.31. The number of benzene rings is 2. The number of para-hydroxylation sites is 1. The molecule has 0 spiro atoms. The van der Waals surface area contributed by atoms with Gasteiger partial charge in [0.05, 0.1) is 18.0 Å². The standard InChI is InChI=1S/C24H24N4O/c25-15-20-6-8-21(9-7-20)17-27-18-26-16-23(27)11-10-19-12-13-28(24(29)14-19)22-4-2-1-3-5-22/h1-9,16,18-19H,10-14,17H2. The molecule has 5 heteroatoms. The summed E-state index contributed by atoms with van der Waals surface area (Å²) in [6.45, 7) is 1.53. The van der Waals surface area contributed by atoms with Crippen LogP contribution < -0.4 is 4.90 Å². The molecule has 0 bridgehead atoms. The van der Waals surface area contributed by atoms with Crippen molar-refractivity contribution in [3.8, 4) is 6.07 Å². The summed E-state index contributed by atoms with van der Waals surface area (Å²) in [5.41, 5.74) is 4.00. The Hall–Kier alpha value is -3.39. The molecule has 1 atom stereocenters. The Morgan fingerprint density at radius 3 is 2.62 bits per heavy atom. The summed E-state index contributed by atoms with van der Waals surface area (Å²) in [5, 5.41) is 8.93. The number of aromatic nitrogens is 2. The summed E-state index contributed by atoms with van der Waals surface area (Å²) in [6.07, 6.45) is 7.33. The Kier molecular flexibility index (Phi) is 5.71. The second-order valence-electron chi connectivity index (χ2n) is 7.60. The number of anilines is 1. The van der Waals surface area contributed by atoms with Gasteiger partial charge in [-0.2, -0.15) is 5.26 Å². The van der Waals surface area contributed by atoms with Crippen LogP contribution in [0.5, 0.6) is 0 Å². The Morgan fingerprint density at radius 2 is 1.90 bits per heavy atom. The van der Waals surface area contributed by atoms with Gasteiger partial charge in [-0.3, -0.25) is 4.79 Å². The second kappa shape index (κ2) is 8.74. The largest absolute Gasteiger partial charge is 0.330 e. The number of imidazole rings is 1. The van der Waals surface area contributed by atoms with Gasteiger partial charge in [0.25, 0.3) is 0 Å². The lowest BCUT2D eigenvalue weighted by atomic mass is 9.91. The SMILES string of the molecule is N#Cc1ccc(Cn2cncc2CCC2CCN(c3ccccc3)C(=O)C2)cc1. The molecule has 3 aromatic rings. The number of carbonyl (C=O) groups is 1. The van der Waals surface area contributed by atoms with Gasteiger partial charge in [0, 0.05) is 37.1 Å². The first kappa shape index (κ1) is 18.9. The van der Waals surface area contributed by atoms with Crippen LogP contribution in [-0.2, 0) is 17.8 Å². The highest BCUT2D eigenvalue weighted by atomic mass is 16.2. The van der Waals surface area contributed by atoms with Gasteiger partial charge in [0.1, 0.15) is 0 Å². The molecule has 0 N–H and O–H groups in total. The second-order valence-corrected chi connectivity index (χ2v) is 7.60. The van der Waals surface area contributed by atoms with Gasteiger partial charge in [0.15, 0.2) is 0 Å². The zero-order valence-electron chi connectivity index (χ0n) is 16.4. The summed E-state index contributed by atoms with van der Waals surface area (Å²) < 4.78 is 2.16. The third-order valence-electron chi connectivity index (χ3n) is 5.64. The summed E-state index contributed by atoms with van der Waals surface area (Å²) in [5.74, 6) is 0.638. The van der Waals surface area contributed by atoms with E-state index in [0.717, 1.165) is 43.6 Å². The molecule has 1 aliphatic heterocycles. The third kappa shape index (κ3) is 4.55. The lowest BCUT2D eigenvalue weighted by Crippen LogP contribution is -2.39. The molecule has 0 radical (unpaired) electrons. The van der Waals surface area contributed by atoms with Crippen LogP contribution in [0.4, 0.5) is 5.69 Å². The van der Waals surface area contributed by atoms with Gasteiger partial charge in [-0.1, -0.05) is 30.3 Å². The Labute approximate surface area is 171 Å². The van der Waals surface area contributed by atoms with E-state index in [1.54, 1.807) is 0 Å². The minimum Gasteiger partial charge on any atom is -0.330 e. The van der Waals surface area contributed by atoms with E-state index in [4.69, 9.17) is 5.26 Å². The molecular formula is C24H24N4O. The van der Waals surface area contributed by atoms with Gasteiger partial charge >= 0.3 is 0 Å². The first-order valence-corrected chi connectivity index (χ1v) is 10.1. The van der Waals surface area contributed by atoms with E-state index in [1.165, 1.54) is 5.69 Å². The van der Waals surface area contributed by atoms with Crippen molar-refractivity contribution in [1.29, 1.82) is 5.26 Å². The molecular weight excluding hydrogens is 360 g/mol. The number of aryl methyl sites for hydroxylation is 1. The van der Waals surface area contributed by atoms with Crippen molar-refractivity contribution in [2.45, 2.75) is 32.2 Å². The van der Waals surface area contributed by atoms with Crippen molar-refractivity contribution in [2.75, 3.05) is 11.4 Å². The third-order valence-corrected chi connectivity index (χ3v) is 5.64. The minimum atomic E-state index is 0.221. The first-order chi connectivity index (χ1) is 14.2. The zero-order chi connectivity index (χ0) is 20.1. The summed E-state index contributed by atoms with van der Waals surface area (Å²) in [6, 6.07) is 19.7. The maximum Gasteiger partial charge on any atom is 0.227 e. The van der Waals surface area contributed by atoms with Crippen LogP contribution in [0.25, 0.3) is 0 Å². The van der Waals surface area contributed by atoms with Crippen molar-refractivity contribution >= 4 is 11.6 Å². The molecule has 4 rings (SSSR count). The molecule has 0 saturated carbocycles. The van der Waals surface area contributed by atoms with Gasteiger partial charge < -0.3 is 9.47 Å². The highest BCUT2D eigenvalue weighted by molar-refractivity contribution is 5.94. The van der Waals surface area contributed by atoms with E-state index in [-0.39, 0.29) is 5.91 Å². The van der Waals surface area contributed by atoms with Crippen LogP contribution in [0, 0.1) is 17.2 Å². The number of nitrogens with zero attached hydrogens (tertiary/aromatic N) is 4. The molecule has 1 aromatic heterocycles. The number of carbonyl (C=O) groups excluding carboxylic acids is 1. The van der Waals surface area contributed by atoms with Crippen molar-refractivity contribution < 1.29 is 4.79 Å². The molecule has 1 aliphatic rings. The molecule has 5 nitrogen and oxygen atoms in total. The monoisotopic (exact) mass is 384 g/mol. The fraction of sp³-hybridized carbons (Fsp3) is 0.292. The Balaban J connectivity index is 1.33. The van der Waals surface area contributed by atoms with Crippen molar-refractivity contribution in [3.05, 3.63) is 83.9 Å². The van der Waals surface area contributed by atoms with Crippen LogP contribution in [0.15, 0.2) is 67.1 Å². The van der Waals surface area contributed by atoms with Crippen molar-refractivity contribution in [3.63, 3.8) is 0 Å². The Bertz CT molecular complexity index is 1000. The maximum absolute atomic E-state index is 12.6. The van der Waals surface area contributed by atoms with Crippen molar-refractivity contribution in [1.82, 2.24) is 9.55 Å². The molecule has 2 heterocycles. The fourth-order valence-corrected chi connectivity index (χ4v) is 3.96. The predicted octanol–water partition coefficient (Wildman–Crippen LogP) is 4.18. The molecule has 1 amide bonds. The zero-order valence-corrected chi connectivity index (χ0v) is 16.4. The van der Waals surface area contributed by atoms with E-state index in [0.29, 0.717) is 17.9 Å². The fourth-order valence-electron chi connectivity index (χ4n) is 3.96. The summed E-state index contributed by atoms with van der Waals surface area (Å²) in [7, 11) is 0. The number of nitriles is 1. The summed E-state index contributed by atoms with van der Waals surface area (Å²) >= 11 is 0. The normalized spacial score (nSPS) is 16.6. The molecule has 29 heavy (non-hydrogen) atoms. The smallest absolute Gasteiger partial charge is 0.227 e. The van der Waals surface area contributed by atoms with E-state index < -0.39 is 0 Å². The molecule has 1 unspecified atom stereocenters. The number of hydrogen-bond donors (Lipinski definition) is 0. The number of piperidine rings is 1. The Morgan fingerprint density at radius 1 is 1.10 bits per heavy atom. The maximum atomic E-state index is 12.6. The molecule has 1 fully saturated rings. The minimum absolute atomic E-state index is 0.221. The van der Waals surface area contributed by atoms with E-state index in [2.05, 4.69) is 15.6 Å². The quantitative estimate of drug-likeness (QED) is 0.640. The number of amides is 1. The van der Waals surface area contributed by atoms with E-state index >= 15 is 0 Å². The topological polar surface area (TPSA) is 61.9 Å².